The molecule has 2 aromatic rings. The van der Waals surface area contributed by atoms with E-state index in [9.17, 15) is 13.2 Å². The molecule has 2 aromatic carbocycles. The van der Waals surface area contributed by atoms with Gasteiger partial charge in [0, 0.05) is 13.1 Å². The van der Waals surface area contributed by atoms with Crippen molar-refractivity contribution < 1.29 is 22.7 Å². The van der Waals surface area contributed by atoms with Crippen LogP contribution in [0.1, 0.15) is 18.4 Å². The molecule has 1 aliphatic rings. The van der Waals surface area contributed by atoms with Gasteiger partial charge in [0.25, 0.3) is 0 Å². The fraction of sp³-hybridized carbons (Fsp3) is 0.381. The van der Waals surface area contributed by atoms with Gasteiger partial charge in [0.15, 0.2) is 0 Å². The van der Waals surface area contributed by atoms with Gasteiger partial charge in [0.1, 0.15) is 11.5 Å². The average Bonchev–Trinajstić information content (AvgIpc) is 2.77. The molecule has 156 valence electrons. The van der Waals surface area contributed by atoms with Crippen molar-refractivity contribution in [3.63, 3.8) is 0 Å². The number of carbonyl (C=O) groups is 1. The van der Waals surface area contributed by atoms with Crippen molar-refractivity contribution in [1.82, 2.24) is 9.62 Å². The Morgan fingerprint density at radius 1 is 1.07 bits per heavy atom. The number of nitrogens with one attached hydrogen (secondary N) is 1. The maximum atomic E-state index is 12.9. The first kappa shape index (κ1) is 21.1. The monoisotopic (exact) mass is 418 g/mol. The highest BCUT2D eigenvalue weighted by molar-refractivity contribution is 7.89. The van der Waals surface area contributed by atoms with Gasteiger partial charge in [-0.3, -0.25) is 4.79 Å². The van der Waals surface area contributed by atoms with Crippen LogP contribution in [0.3, 0.4) is 0 Å². The van der Waals surface area contributed by atoms with Gasteiger partial charge in [-0.2, -0.15) is 4.31 Å². The van der Waals surface area contributed by atoms with E-state index in [2.05, 4.69) is 5.32 Å². The van der Waals surface area contributed by atoms with Crippen LogP contribution in [0, 0.1) is 5.92 Å². The Morgan fingerprint density at radius 2 is 1.72 bits per heavy atom. The Kier molecular flexibility index (Phi) is 6.76. The number of benzene rings is 2. The minimum Gasteiger partial charge on any atom is -0.496 e. The number of sulfonamides is 1. The molecule has 1 atom stereocenters. The Balaban J connectivity index is 1.68. The molecule has 1 fully saturated rings. The predicted octanol–water partition coefficient (Wildman–Crippen LogP) is 2.42. The molecule has 0 saturated carbocycles. The first-order valence-electron chi connectivity index (χ1n) is 9.50. The van der Waals surface area contributed by atoms with E-state index in [1.807, 2.05) is 6.07 Å². The molecule has 0 spiro atoms. The summed E-state index contributed by atoms with van der Waals surface area (Å²) >= 11 is 0. The van der Waals surface area contributed by atoms with Gasteiger partial charge in [0.2, 0.25) is 15.9 Å². The lowest BCUT2D eigenvalue weighted by Gasteiger charge is -2.31. The zero-order chi connectivity index (χ0) is 20.9. The highest BCUT2D eigenvalue weighted by atomic mass is 32.2. The molecule has 0 radical (unpaired) electrons. The summed E-state index contributed by atoms with van der Waals surface area (Å²) in [5.41, 5.74) is 0.746. The fourth-order valence-corrected chi connectivity index (χ4v) is 5.08. The SMILES string of the molecule is COc1cccc(OC)c1CNC(=O)C1CCCN(S(=O)(=O)c2ccccc2)C1. The van der Waals surface area contributed by atoms with Crippen LogP contribution in [0.15, 0.2) is 53.4 Å². The minimum absolute atomic E-state index is 0.173. The molecule has 1 unspecified atom stereocenters. The topological polar surface area (TPSA) is 84.9 Å². The quantitative estimate of drug-likeness (QED) is 0.747. The van der Waals surface area contributed by atoms with Crippen LogP contribution in [0.5, 0.6) is 11.5 Å². The molecular weight excluding hydrogens is 392 g/mol. The number of hydrogen-bond donors (Lipinski definition) is 1. The van der Waals surface area contributed by atoms with Crippen LogP contribution in [0.25, 0.3) is 0 Å². The van der Waals surface area contributed by atoms with Crippen molar-refractivity contribution in [2.24, 2.45) is 5.92 Å². The van der Waals surface area contributed by atoms with Crippen LogP contribution in [-0.2, 0) is 21.4 Å². The molecule has 1 aliphatic heterocycles. The fourth-order valence-electron chi connectivity index (χ4n) is 3.54. The summed E-state index contributed by atoms with van der Waals surface area (Å²) in [6.45, 7) is 0.835. The third kappa shape index (κ3) is 4.71. The molecule has 1 amide bonds. The van der Waals surface area contributed by atoms with Crippen LogP contribution >= 0.6 is 0 Å². The Bertz CT molecular complexity index is 925. The van der Waals surface area contributed by atoms with Crippen LogP contribution in [0.4, 0.5) is 0 Å². The number of carbonyl (C=O) groups excluding carboxylic acids is 1. The predicted molar refractivity (Wildman–Crippen MR) is 109 cm³/mol. The van der Waals surface area contributed by atoms with E-state index in [1.54, 1.807) is 56.7 Å². The van der Waals surface area contributed by atoms with Gasteiger partial charge in [-0.05, 0) is 37.1 Å². The van der Waals surface area contributed by atoms with Gasteiger partial charge >= 0.3 is 0 Å². The molecule has 0 aliphatic carbocycles. The Hall–Kier alpha value is -2.58. The summed E-state index contributed by atoms with van der Waals surface area (Å²) in [6.07, 6.45) is 1.29. The zero-order valence-electron chi connectivity index (χ0n) is 16.6. The summed E-state index contributed by atoms with van der Waals surface area (Å²) < 4.78 is 37.8. The van der Waals surface area contributed by atoms with Gasteiger partial charge in [-0.15, -0.1) is 0 Å². The minimum atomic E-state index is -3.60. The number of hydrogen-bond acceptors (Lipinski definition) is 5. The number of rotatable bonds is 7. The van der Waals surface area contributed by atoms with Gasteiger partial charge in [-0.1, -0.05) is 24.3 Å². The number of amides is 1. The van der Waals surface area contributed by atoms with E-state index in [0.717, 1.165) is 5.56 Å². The maximum absolute atomic E-state index is 12.9. The third-order valence-corrected chi connectivity index (χ3v) is 6.98. The normalized spacial score (nSPS) is 17.5. The molecule has 1 saturated heterocycles. The standard InChI is InChI=1S/C21H26N2O5S/c1-27-19-11-6-12-20(28-2)18(19)14-22-21(24)16-8-7-13-23(15-16)29(25,26)17-9-4-3-5-10-17/h3-6,9-12,16H,7-8,13-15H2,1-2H3,(H,22,24). The average molecular weight is 419 g/mol. The van der Waals surface area contributed by atoms with Crippen molar-refractivity contribution >= 4 is 15.9 Å². The van der Waals surface area contributed by atoms with Crippen molar-refractivity contribution in [1.29, 1.82) is 0 Å². The molecule has 3 rings (SSSR count). The second-order valence-electron chi connectivity index (χ2n) is 6.87. The van der Waals surface area contributed by atoms with E-state index < -0.39 is 15.9 Å². The molecule has 8 heteroatoms. The van der Waals surface area contributed by atoms with E-state index in [0.29, 0.717) is 30.9 Å². The summed E-state index contributed by atoms with van der Waals surface area (Å²) in [5.74, 6) is 0.678. The largest absolute Gasteiger partial charge is 0.496 e. The van der Waals surface area contributed by atoms with Gasteiger partial charge in [-0.25, -0.2) is 8.42 Å². The van der Waals surface area contributed by atoms with Crippen molar-refractivity contribution in [2.75, 3.05) is 27.3 Å². The molecule has 1 heterocycles. The number of piperidine rings is 1. The first-order chi connectivity index (χ1) is 14.0. The first-order valence-corrected chi connectivity index (χ1v) is 10.9. The number of nitrogens with zero attached hydrogens (tertiary/aromatic N) is 1. The maximum Gasteiger partial charge on any atom is 0.243 e. The van der Waals surface area contributed by atoms with E-state index in [4.69, 9.17) is 9.47 Å². The highest BCUT2D eigenvalue weighted by Crippen LogP contribution is 2.28. The second kappa shape index (κ2) is 9.28. The van der Waals surface area contributed by atoms with Crippen LogP contribution in [-0.4, -0.2) is 45.9 Å². The molecule has 0 bridgehead atoms. The number of ether oxygens (including phenoxy) is 2. The Morgan fingerprint density at radius 3 is 2.34 bits per heavy atom. The molecule has 0 aromatic heterocycles. The van der Waals surface area contributed by atoms with Crippen LogP contribution in [0.2, 0.25) is 0 Å². The van der Waals surface area contributed by atoms with Gasteiger partial charge in [0.05, 0.1) is 37.1 Å². The lowest BCUT2D eigenvalue weighted by molar-refractivity contribution is -0.126. The zero-order valence-corrected chi connectivity index (χ0v) is 17.4. The summed E-state index contributed by atoms with van der Waals surface area (Å²) in [4.78, 5) is 13.0. The summed E-state index contributed by atoms with van der Waals surface area (Å²) in [6, 6.07) is 13.7. The summed E-state index contributed by atoms with van der Waals surface area (Å²) in [7, 11) is -0.477. The second-order valence-corrected chi connectivity index (χ2v) is 8.81. The Labute approximate surface area is 171 Å². The van der Waals surface area contributed by atoms with Crippen molar-refractivity contribution in [3.05, 3.63) is 54.1 Å². The molecule has 7 nitrogen and oxygen atoms in total. The summed E-state index contributed by atoms with van der Waals surface area (Å²) in [5, 5.41) is 2.91. The molecular formula is C21H26N2O5S. The van der Waals surface area contributed by atoms with Crippen molar-refractivity contribution in [2.45, 2.75) is 24.3 Å². The third-order valence-electron chi connectivity index (χ3n) is 5.11. The highest BCUT2D eigenvalue weighted by Gasteiger charge is 2.33. The van der Waals surface area contributed by atoms with E-state index in [1.165, 1.54) is 4.31 Å². The van der Waals surface area contributed by atoms with Crippen molar-refractivity contribution in [3.8, 4) is 11.5 Å². The lowest BCUT2D eigenvalue weighted by Crippen LogP contribution is -2.45. The van der Waals surface area contributed by atoms with Crippen LogP contribution < -0.4 is 14.8 Å². The van der Waals surface area contributed by atoms with E-state index >= 15 is 0 Å². The van der Waals surface area contributed by atoms with Gasteiger partial charge < -0.3 is 14.8 Å². The lowest BCUT2D eigenvalue weighted by atomic mass is 9.98. The smallest absolute Gasteiger partial charge is 0.243 e. The van der Waals surface area contributed by atoms with E-state index in [-0.39, 0.29) is 23.9 Å². The molecule has 29 heavy (non-hydrogen) atoms. The number of methoxy groups -OCH3 is 2. The molecule has 1 N–H and O–H groups in total.